The third-order valence-electron chi connectivity index (χ3n) is 5.27. The molecule has 1 N–H and O–H groups in total. The number of nitrogens with zero attached hydrogens (tertiary/aromatic N) is 3. The number of carbonyl (C=O) groups is 2. The van der Waals surface area contributed by atoms with E-state index in [1.165, 1.54) is 30.2 Å². The van der Waals surface area contributed by atoms with Gasteiger partial charge < -0.3 is 19.4 Å². The Balaban J connectivity index is 1.67. The van der Waals surface area contributed by atoms with Crippen molar-refractivity contribution in [1.29, 1.82) is 0 Å². The lowest BCUT2D eigenvalue weighted by Crippen LogP contribution is -2.38. The van der Waals surface area contributed by atoms with Crippen molar-refractivity contribution in [1.82, 2.24) is 10.2 Å². The molecule has 1 aromatic heterocycles. The Morgan fingerprint density at radius 1 is 1.32 bits per heavy atom. The lowest BCUT2D eigenvalue weighted by atomic mass is 9.93. The zero-order valence-electron chi connectivity index (χ0n) is 18.5. The van der Waals surface area contributed by atoms with Crippen molar-refractivity contribution in [2.45, 2.75) is 32.9 Å². The van der Waals surface area contributed by atoms with Gasteiger partial charge in [0, 0.05) is 17.8 Å². The summed E-state index contributed by atoms with van der Waals surface area (Å²) in [6, 6.07) is 8.87. The summed E-state index contributed by atoms with van der Waals surface area (Å²) in [7, 11) is 0. The number of nitro groups is 1. The molecule has 0 bridgehead atoms. The number of furan rings is 1. The summed E-state index contributed by atoms with van der Waals surface area (Å²) in [5.41, 5.74) is 1.78. The molecule has 176 valence electrons. The van der Waals surface area contributed by atoms with Crippen LogP contribution in [-0.4, -0.2) is 33.5 Å². The molecule has 4 rings (SSSR count). The van der Waals surface area contributed by atoms with Crippen LogP contribution in [0.25, 0.3) is 0 Å². The van der Waals surface area contributed by atoms with E-state index in [4.69, 9.17) is 9.15 Å². The van der Waals surface area contributed by atoms with Crippen molar-refractivity contribution in [3.8, 4) is 0 Å². The van der Waals surface area contributed by atoms with Crippen molar-refractivity contribution in [3.63, 3.8) is 0 Å². The lowest BCUT2D eigenvalue weighted by molar-refractivity contribution is -0.384. The summed E-state index contributed by atoms with van der Waals surface area (Å²) in [4.78, 5) is 42.9. The highest BCUT2D eigenvalue weighted by molar-refractivity contribution is 8.16. The molecule has 1 unspecified atom stereocenters. The zero-order valence-corrected chi connectivity index (χ0v) is 19.3. The number of benzene rings is 1. The maximum atomic E-state index is 12.9. The minimum absolute atomic E-state index is 0.0211. The molecule has 0 aliphatic carbocycles. The monoisotopic (exact) mass is 482 g/mol. The summed E-state index contributed by atoms with van der Waals surface area (Å²) in [5.74, 6) is -0.176. The number of fused-ring (bicyclic) bond motifs is 1. The number of aliphatic imine (C=N–C) groups is 1. The van der Waals surface area contributed by atoms with Crippen molar-refractivity contribution in [2.24, 2.45) is 4.99 Å². The SMILES string of the molecule is CCOC(=O)C1=C(C)N=C2SC=C(CC(=O)NCc3ccco3)N2C1c1cccc([N+](=O)[O-])c1. The number of carbonyl (C=O) groups excluding carboxylic acids is 2. The largest absolute Gasteiger partial charge is 0.467 e. The van der Waals surface area contributed by atoms with Gasteiger partial charge in [-0.05, 0) is 37.0 Å². The number of esters is 1. The Kier molecular flexibility index (Phi) is 6.82. The highest BCUT2D eigenvalue weighted by atomic mass is 32.2. The van der Waals surface area contributed by atoms with Gasteiger partial charge in [0.2, 0.25) is 5.91 Å². The molecule has 1 amide bonds. The molecule has 10 nitrogen and oxygen atoms in total. The Bertz CT molecular complexity index is 1220. The van der Waals surface area contributed by atoms with E-state index in [2.05, 4.69) is 10.3 Å². The van der Waals surface area contributed by atoms with Crippen LogP contribution >= 0.6 is 11.8 Å². The molecule has 1 atom stereocenters. The van der Waals surface area contributed by atoms with E-state index in [9.17, 15) is 19.7 Å². The van der Waals surface area contributed by atoms with Gasteiger partial charge in [-0.3, -0.25) is 14.9 Å². The third-order valence-corrected chi connectivity index (χ3v) is 6.16. The fourth-order valence-corrected chi connectivity index (χ4v) is 4.75. The first-order chi connectivity index (χ1) is 16.4. The van der Waals surface area contributed by atoms with Gasteiger partial charge >= 0.3 is 5.97 Å². The number of nitro benzene ring substituents is 1. The van der Waals surface area contributed by atoms with E-state index in [0.29, 0.717) is 27.9 Å². The Morgan fingerprint density at radius 3 is 2.85 bits per heavy atom. The molecule has 0 saturated carbocycles. The highest BCUT2D eigenvalue weighted by Gasteiger charge is 2.41. The normalized spacial score (nSPS) is 17.1. The number of allylic oxidation sites excluding steroid dienone is 1. The van der Waals surface area contributed by atoms with Crippen molar-refractivity contribution in [3.05, 3.63) is 86.5 Å². The first kappa shape index (κ1) is 23.3. The second kappa shape index (κ2) is 9.96. The van der Waals surface area contributed by atoms with Gasteiger partial charge in [0.05, 0.1) is 48.1 Å². The number of nitrogens with one attached hydrogen (secondary N) is 1. The minimum Gasteiger partial charge on any atom is -0.467 e. The molecule has 34 heavy (non-hydrogen) atoms. The number of amidine groups is 1. The highest BCUT2D eigenvalue weighted by Crippen LogP contribution is 2.45. The van der Waals surface area contributed by atoms with Crippen LogP contribution in [0.1, 0.15) is 37.6 Å². The number of ether oxygens (including phenoxy) is 1. The van der Waals surface area contributed by atoms with E-state index >= 15 is 0 Å². The van der Waals surface area contributed by atoms with E-state index in [-0.39, 0.29) is 36.7 Å². The Labute approximate surface area is 199 Å². The van der Waals surface area contributed by atoms with Crippen LogP contribution in [0.4, 0.5) is 5.69 Å². The number of hydrogen-bond donors (Lipinski definition) is 1. The van der Waals surface area contributed by atoms with E-state index < -0.39 is 16.9 Å². The quantitative estimate of drug-likeness (QED) is 0.339. The number of thioether (sulfide) groups is 1. The summed E-state index contributed by atoms with van der Waals surface area (Å²) in [6.45, 7) is 3.82. The van der Waals surface area contributed by atoms with E-state index in [0.717, 1.165) is 0 Å². The summed E-state index contributed by atoms with van der Waals surface area (Å²) in [5, 5.41) is 16.6. The fraction of sp³-hybridized carbons (Fsp3) is 0.261. The predicted octanol–water partition coefficient (Wildman–Crippen LogP) is 4.03. The molecule has 2 aliphatic heterocycles. The second-order valence-electron chi connectivity index (χ2n) is 7.50. The van der Waals surface area contributed by atoms with Crippen molar-refractivity contribution in [2.75, 3.05) is 6.61 Å². The molecule has 3 heterocycles. The third kappa shape index (κ3) is 4.74. The van der Waals surface area contributed by atoms with E-state index in [1.807, 2.05) is 0 Å². The average molecular weight is 483 g/mol. The standard InChI is InChI=1S/C23H22N4O6S/c1-3-32-22(29)20-14(2)25-23-26(21(20)15-6-4-7-16(10-15)27(30)31)17(13-34-23)11-19(28)24-12-18-8-5-9-33-18/h4-10,13,21H,3,11-12H2,1-2H3,(H,24,28). The van der Waals surface area contributed by atoms with Gasteiger partial charge in [-0.15, -0.1) is 0 Å². The van der Waals surface area contributed by atoms with Crippen LogP contribution < -0.4 is 5.32 Å². The fourth-order valence-electron chi connectivity index (χ4n) is 3.79. The van der Waals surface area contributed by atoms with Crippen LogP contribution in [0, 0.1) is 10.1 Å². The molecule has 2 aromatic rings. The van der Waals surface area contributed by atoms with Gasteiger partial charge in [-0.1, -0.05) is 23.9 Å². The van der Waals surface area contributed by atoms with Crippen LogP contribution in [0.3, 0.4) is 0 Å². The molecule has 1 aromatic carbocycles. The summed E-state index contributed by atoms with van der Waals surface area (Å²) < 4.78 is 10.5. The molecule has 2 aliphatic rings. The van der Waals surface area contributed by atoms with E-state index in [1.54, 1.807) is 48.4 Å². The topological polar surface area (TPSA) is 127 Å². The second-order valence-corrected chi connectivity index (χ2v) is 8.34. The number of non-ortho nitro benzene ring substituents is 1. The summed E-state index contributed by atoms with van der Waals surface area (Å²) >= 11 is 1.33. The Hall–Kier alpha value is -3.86. The van der Waals surface area contributed by atoms with Crippen LogP contribution in [0.5, 0.6) is 0 Å². The smallest absolute Gasteiger partial charge is 0.338 e. The van der Waals surface area contributed by atoms with Crippen LogP contribution in [0.2, 0.25) is 0 Å². The Morgan fingerprint density at radius 2 is 2.15 bits per heavy atom. The molecule has 11 heteroatoms. The van der Waals surface area contributed by atoms with Crippen LogP contribution in [-0.2, 0) is 20.9 Å². The van der Waals surface area contributed by atoms with Gasteiger partial charge in [0.1, 0.15) is 5.76 Å². The number of rotatable bonds is 8. The first-order valence-corrected chi connectivity index (χ1v) is 11.4. The average Bonchev–Trinajstić information content (AvgIpc) is 3.47. The lowest BCUT2D eigenvalue weighted by Gasteiger charge is -2.36. The minimum atomic E-state index is -0.731. The number of hydrogen-bond acceptors (Lipinski definition) is 9. The molecule has 0 radical (unpaired) electrons. The van der Waals surface area contributed by atoms with Crippen LogP contribution in [0.15, 0.2) is 74.4 Å². The van der Waals surface area contributed by atoms with Gasteiger partial charge in [0.25, 0.3) is 5.69 Å². The molecule has 0 saturated heterocycles. The molecular formula is C23H22N4O6S. The maximum Gasteiger partial charge on any atom is 0.338 e. The zero-order chi connectivity index (χ0) is 24.2. The number of amides is 1. The van der Waals surface area contributed by atoms with Crippen molar-refractivity contribution >= 4 is 34.5 Å². The first-order valence-electron chi connectivity index (χ1n) is 10.5. The van der Waals surface area contributed by atoms with Gasteiger partial charge in [0.15, 0.2) is 5.17 Å². The molecule has 0 fully saturated rings. The van der Waals surface area contributed by atoms with Gasteiger partial charge in [-0.25, -0.2) is 9.79 Å². The summed E-state index contributed by atoms with van der Waals surface area (Å²) in [6.07, 6.45) is 1.55. The predicted molar refractivity (Wildman–Crippen MR) is 125 cm³/mol. The molecular weight excluding hydrogens is 460 g/mol. The molecule has 0 spiro atoms. The van der Waals surface area contributed by atoms with Crippen molar-refractivity contribution < 1.29 is 23.7 Å². The maximum absolute atomic E-state index is 12.9. The van der Waals surface area contributed by atoms with Gasteiger partial charge in [-0.2, -0.15) is 0 Å².